The molecule has 222 valence electrons. The van der Waals surface area contributed by atoms with Crippen molar-refractivity contribution in [3.05, 3.63) is 168 Å². The van der Waals surface area contributed by atoms with Gasteiger partial charge in [0, 0.05) is 33.5 Å². The van der Waals surface area contributed by atoms with Crippen LogP contribution in [0.4, 0.5) is 34.1 Å². The second-order valence-corrected chi connectivity index (χ2v) is 12.6. The Bertz CT molecular complexity index is 2290. The molecule has 0 atom stereocenters. The number of hydrogen-bond donors (Lipinski definition) is 0. The van der Waals surface area contributed by atoms with E-state index in [9.17, 15) is 0 Å². The van der Waals surface area contributed by atoms with Crippen molar-refractivity contribution in [1.82, 2.24) is 0 Å². The summed E-state index contributed by atoms with van der Waals surface area (Å²) in [4.78, 5) is 4.84. The van der Waals surface area contributed by atoms with E-state index in [-0.39, 0.29) is 0 Å². The zero-order valence-electron chi connectivity index (χ0n) is 26.8. The van der Waals surface area contributed by atoms with Crippen molar-refractivity contribution in [2.45, 2.75) is 27.7 Å². The lowest BCUT2D eigenvalue weighted by Gasteiger charge is -2.30. The predicted molar refractivity (Wildman–Crippen MR) is 198 cm³/mol. The lowest BCUT2D eigenvalue weighted by atomic mass is 9.91. The molecule has 8 aromatic carbocycles. The molecule has 46 heavy (non-hydrogen) atoms. The summed E-state index contributed by atoms with van der Waals surface area (Å²) in [6.45, 7) is 8.66. The molecule has 0 radical (unpaired) electrons. The molecule has 0 aliphatic carbocycles. The van der Waals surface area contributed by atoms with Crippen molar-refractivity contribution in [3.63, 3.8) is 0 Å². The van der Waals surface area contributed by atoms with Crippen LogP contribution in [0.1, 0.15) is 22.3 Å². The number of hydrogen-bond acceptors (Lipinski definition) is 2. The number of anilines is 6. The first kappa shape index (κ1) is 27.9. The van der Waals surface area contributed by atoms with Gasteiger partial charge in [-0.25, -0.2) is 0 Å². The van der Waals surface area contributed by atoms with Gasteiger partial charge in [0.25, 0.3) is 0 Å². The number of rotatable bonds is 6. The Morgan fingerprint density at radius 2 is 0.739 bits per heavy atom. The number of nitrogens with zero attached hydrogens (tertiary/aromatic N) is 2. The van der Waals surface area contributed by atoms with Crippen molar-refractivity contribution in [3.8, 4) is 0 Å². The van der Waals surface area contributed by atoms with Crippen LogP contribution in [-0.4, -0.2) is 0 Å². The second kappa shape index (κ2) is 11.1. The normalized spacial score (nSPS) is 11.5. The van der Waals surface area contributed by atoms with Crippen LogP contribution < -0.4 is 9.80 Å². The number of benzene rings is 8. The monoisotopic (exact) mass is 592 g/mol. The molecule has 0 saturated heterocycles. The molecule has 0 aliphatic rings. The second-order valence-electron chi connectivity index (χ2n) is 12.6. The fraction of sp³-hybridized carbons (Fsp3) is 0.0909. The summed E-state index contributed by atoms with van der Waals surface area (Å²) in [5.74, 6) is 0. The molecule has 0 aromatic heterocycles. The van der Waals surface area contributed by atoms with Crippen LogP contribution in [-0.2, 0) is 0 Å². The van der Waals surface area contributed by atoms with Crippen LogP contribution in [0.25, 0.3) is 32.3 Å². The molecule has 0 unspecified atom stereocenters. The molecule has 0 amide bonds. The first-order valence-electron chi connectivity index (χ1n) is 16.0. The summed E-state index contributed by atoms with van der Waals surface area (Å²) in [5.41, 5.74) is 12.0. The van der Waals surface area contributed by atoms with E-state index < -0.39 is 0 Å². The van der Waals surface area contributed by atoms with Gasteiger partial charge in [0.15, 0.2) is 0 Å². The summed E-state index contributed by atoms with van der Waals surface area (Å²) in [7, 11) is 0. The third-order valence-electron chi connectivity index (χ3n) is 9.12. The lowest BCUT2D eigenvalue weighted by Crippen LogP contribution is -2.12. The third kappa shape index (κ3) is 4.74. The summed E-state index contributed by atoms with van der Waals surface area (Å²) >= 11 is 0. The highest BCUT2D eigenvalue weighted by Crippen LogP contribution is 2.48. The summed E-state index contributed by atoms with van der Waals surface area (Å²) < 4.78 is 0. The smallest absolute Gasteiger partial charge is 0.0546 e. The molecule has 0 heterocycles. The fourth-order valence-corrected chi connectivity index (χ4v) is 7.10. The van der Waals surface area contributed by atoms with Gasteiger partial charge in [-0.2, -0.15) is 0 Å². The molecule has 0 N–H and O–H groups in total. The highest BCUT2D eigenvalue weighted by atomic mass is 15.2. The Kier molecular flexibility index (Phi) is 6.73. The largest absolute Gasteiger partial charge is 0.310 e. The molecule has 0 spiro atoms. The van der Waals surface area contributed by atoms with E-state index in [1.165, 1.54) is 65.9 Å². The van der Waals surface area contributed by atoms with Gasteiger partial charge in [-0.3, -0.25) is 0 Å². The lowest BCUT2D eigenvalue weighted by molar-refractivity contribution is 1.27. The quantitative estimate of drug-likeness (QED) is 0.177. The molecule has 0 bridgehead atoms. The van der Waals surface area contributed by atoms with Crippen LogP contribution in [0.5, 0.6) is 0 Å². The van der Waals surface area contributed by atoms with E-state index in [1.54, 1.807) is 0 Å². The topological polar surface area (TPSA) is 6.48 Å². The Morgan fingerprint density at radius 1 is 0.326 bits per heavy atom. The Morgan fingerprint density at radius 3 is 1.24 bits per heavy atom. The van der Waals surface area contributed by atoms with Crippen molar-refractivity contribution in [2.75, 3.05) is 9.80 Å². The van der Waals surface area contributed by atoms with E-state index in [4.69, 9.17) is 0 Å². The predicted octanol–water partition coefficient (Wildman–Crippen LogP) is 12.8. The van der Waals surface area contributed by atoms with Crippen molar-refractivity contribution >= 4 is 66.4 Å². The maximum absolute atomic E-state index is 2.43. The first-order valence-corrected chi connectivity index (χ1v) is 16.0. The van der Waals surface area contributed by atoms with E-state index in [2.05, 4.69) is 183 Å². The highest BCUT2D eigenvalue weighted by molar-refractivity contribution is 6.29. The minimum absolute atomic E-state index is 1.16. The van der Waals surface area contributed by atoms with Crippen molar-refractivity contribution in [1.29, 1.82) is 0 Å². The molecule has 8 rings (SSSR count). The van der Waals surface area contributed by atoms with E-state index >= 15 is 0 Å². The van der Waals surface area contributed by atoms with Gasteiger partial charge < -0.3 is 9.80 Å². The molecular formula is C44H36N2. The Hall–Kier alpha value is -5.60. The first-order chi connectivity index (χ1) is 22.4. The summed E-state index contributed by atoms with van der Waals surface area (Å²) in [6, 6.07) is 53.6. The average molecular weight is 593 g/mol. The summed E-state index contributed by atoms with van der Waals surface area (Å²) in [5, 5.41) is 7.57. The van der Waals surface area contributed by atoms with Crippen molar-refractivity contribution in [2.24, 2.45) is 0 Å². The van der Waals surface area contributed by atoms with Gasteiger partial charge in [0.1, 0.15) is 0 Å². The van der Waals surface area contributed by atoms with E-state index in [0.29, 0.717) is 0 Å². The van der Waals surface area contributed by atoms with Gasteiger partial charge in [0.05, 0.1) is 11.4 Å². The Balaban J connectivity index is 1.44. The zero-order valence-corrected chi connectivity index (χ0v) is 26.8. The van der Waals surface area contributed by atoms with Crippen molar-refractivity contribution < 1.29 is 0 Å². The highest BCUT2D eigenvalue weighted by Gasteiger charge is 2.22. The zero-order chi connectivity index (χ0) is 31.4. The molecular weight excluding hydrogens is 556 g/mol. The molecule has 2 nitrogen and oxygen atoms in total. The summed E-state index contributed by atoms with van der Waals surface area (Å²) in [6.07, 6.45) is 0. The maximum Gasteiger partial charge on any atom is 0.0546 e. The minimum atomic E-state index is 1.16. The fourth-order valence-electron chi connectivity index (χ4n) is 7.10. The van der Waals surface area contributed by atoms with Gasteiger partial charge in [-0.15, -0.1) is 0 Å². The van der Waals surface area contributed by atoms with Crippen LogP contribution in [0, 0.1) is 27.7 Å². The molecule has 0 fully saturated rings. The average Bonchev–Trinajstić information content (AvgIpc) is 3.05. The van der Waals surface area contributed by atoms with Gasteiger partial charge in [-0.05, 0) is 132 Å². The standard InChI is InChI=1S/C44H36N2/c1-29-10-5-15-35(24-29)45(36-16-6-11-30(2)25-36)41-23-21-34-28-42(39-19-9-14-33-20-22-40(41)44(34)43(33)39)46(37-17-7-12-31(3)26-37)38-18-8-13-32(4)27-38/h5-28H,1-4H3. The third-order valence-corrected chi connectivity index (χ3v) is 9.12. The van der Waals surface area contributed by atoms with Crippen LogP contribution >= 0.6 is 0 Å². The van der Waals surface area contributed by atoms with Gasteiger partial charge in [-0.1, -0.05) is 84.9 Å². The van der Waals surface area contributed by atoms with Crippen LogP contribution in [0.3, 0.4) is 0 Å². The molecule has 0 aliphatic heterocycles. The minimum Gasteiger partial charge on any atom is -0.310 e. The van der Waals surface area contributed by atoms with Crippen LogP contribution in [0.15, 0.2) is 146 Å². The van der Waals surface area contributed by atoms with E-state index in [0.717, 1.165) is 22.7 Å². The number of aryl methyl sites for hydroxylation is 4. The van der Waals surface area contributed by atoms with Gasteiger partial charge in [0.2, 0.25) is 0 Å². The molecule has 8 aromatic rings. The molecule has 0 saturated carbocycles. The van der Waals surface area contributed by atoms with Crippen LogP contribution in [0.2, 0.25) is 0 Å². The van der Waals surface area contributed by atoms with Gasteiger partial charge >= 0.3 is 0 Å². The van der Waals surface area contributed by atoms with E-state index in [1.807, 2.05) is 0 Å². The Labute approximate surface area is 271 Å². The maximum atomic E-state index is 2.43. The SMILES string of the molecule is Cc1cccc(N(c2cccc(C)c2)c2cc3ccc(N(c4cccc(C)c4)c4cccc(C)c4)c4ccc5cccc2c5c34)c1. The molecule has 2 heteroatoms.